The van der Waals surface area contributed by atoms with Crippen molar-refractivity contribution in [1.29, 1.82) is 0 Å². The smallest absolute Gasteiger partial charge is 0.214 e. The highest BCUT2D eigenvalue weighted by Crippen LogP contribution is 2.30. The number of anilines is 1. The van der Waals surface area contributed by atoms with E-state index in [2.05, 4.69) is 42.0 Å². The van der Waals surface area contributed by atoms with Crippen molar-refractivity contribution in [3.05, 3.63) is 24.5 Å². The van der Waals surface area contributed by atoms with Crippen LogP contribution >= 0.6 is 11.3 Å². The Kier molecular flexibility index (Phi) is 3.79. The number of piperidine rings is 1. The minimum Gasteiger partial charge on any atom is -0.346 e. The molecule has 0 aromatic carbocycles. The fraction of sp³-hybridized carbons (Fsp3) is 0.625. The Morgan fingerprint density at radius 3 is 2.92 bits per heavy atom. The maximum atomic E-state index is 4.77. The summed E-state index contributed by atoms with van der Waals surface area (Å²) in [5, 5.41) is 10.1. The number of aromatic nitrogens is 6. The molecule has 3 aromatic rings. The van der Waals surface area contributed by atoms with Crippen LogP contribution in [-0.4, -0.2) is 42.5 Å². The predicted octanol–water partition coefficient (Wildman–Crippen LogP) is 2.60. The molecule has 1 aliphatic heterocycles. The van der Waals surface area contributed by atoms with Crippen LogP contribution in [0.4, 0.5) is 5.13 Å². The third-order valence-electron chi connectivity index (χ3n) is 4.50. The Balaban J connectivity index is 1.50. The van der Waals surface area contributed by atoms with Crippen LogP contribution in [0.5, 0.6) is 0 Å². The molecule has 0 saturated carbocycles. The summed E-state index contributed by atoms with van der Waals surface area (Å²) in [6.45, 7) is 9.55. The first kappa shape index (κ1) is 15.6. The molecule has 0 amide bonds. The standard InChI is InChI=1S/C16H23N7S/c1-16(2,3)13-9-23-14(19-13)24-15(20-23)21-6-4-5-12(7-21)8-22-11-17-10-18-22/h9-12H,4-8H2,1-3H3/t12-/m0/s1. The summed E-state index contributed by atoms with van der Waals surface area (Å²) >= 11 is 1.68. The van der Waals surface area contributed by atoms with Gasteiger partial charge < -0.3 is 4.90 Å². The van der Waals surface area contributed by atoms with Gasteiger partial charge in [0.1, 0.15) is 12.7 Å². The second-order valence-electron chi connectivity index (χ2n) is 7.56. The fourth-order valence-electron chi connectivity index (χ4n) is 3.16. The van der Waals surface area contributed by atoms with E-state index in [0.29, 0.717) is 5.92 Å². The number of rotatable bonds is 3. The van der Waals surface area contributed by atoms with E-state index in [1.165, 1.54) is 12.8 Å². The van der Waals surface area contributed by atoms with E-state index >= 15 is 0 Å². The van der Waals surface area contributed by atoms with E-state index in [0.717, 1.165) is 35.4 Å². The molecule has 1 atom stereocenters. The molecule has 0 radical (unpaired) electrons. The molecule has 4 rings (SSSR count). The van der Waals surface area contributed by atoms with E-state index < -0.39 is 0 Å². The number of fused-ring (bicyclic) bond motifs is 1. The normalized spacial score (nSPS) is 19.3. The minimum absolute atomic E-state index is 0.0571. The third-order valence-corrected chi connectivity index (χ3v) is 5.49. The molecule has 0 unspecified atom stereocenters. The lowest BCUT2D eigenvalue weighted by Gasteiger charge is -2.32. The van der Waals surface area contributed by atoms with Crippen molar-refractivity contribution >= 4 is 21.4 Å². The van der Waals surface area contributed by atoms with Crippen LogP contribution in [0.2, 0.25) is 0 Å². The highest BCUT2D eigenvalue weighted by atomic mass is 32.1. The van der Waals surface area contributed by atoms with Crippen molar-refractivity contribution in [3.63, 3.8) is 0 Å². The van der Waals surface area contributed by atoms with Crippen LogP contribution in [-0.2, 0) is 12.0 Å². The summed E-state index contributed by atoms with van der Waals surface area (Å²) in [7, 11) is 0. The second-order valence-corrected chi connectivity index (χ2v) is 8.49. The highest BCUT2D eigenvalue weighted by molar-refractivity contribution is 7.20. The Morgan fingerprint density at radius 1 is 1.33 bits per heavy atom. The average molecular weight is 345 g/mol. The van der Waals surface area contributed by atoms with E-state index in [1.54, 1.807) is 24.0 Å². The van der Waals surface area contributed by atoms with E-state index in [4.69, 9.17) is 10.1 Å². The van der Waals surface area contributed by atoms with Gasteiger partial charge in [0.25, 0.3) is 0 Å². The zero-order chi connectivity index (χ0) is 16.7. The van der Waals surface area contributed by atoms with Gasteiger partial charge in [-0.15, -0.1) is 5.10 Å². The molecule has 8 heteroatoms. The molecule has 0 aliphatic carbocycles. The topological polar surface area (TPSA) is 64.1 Å². The van der Waals surface area contributed by atoms with E-state index in [9.17, 15) is 0 Å². The fourth-order valence-corrected chi connectivity index (χ4v) is 4.08. The number of hydrogen-bond acceptors (Lipinski definition) is 6. The molecule has 4 heterocycles. The lowest BCUT2D eigenvalue weighted by Crippen LogP contribution is -2.37. The Bertz CT molecular complexity index is 780. The molecular weight excluding hydrogens is 322 g/mol. The van der Waals surface area contributed by atoms with Gasteiger partial charge in [0, 0.05) is 25.0 Å². The summed E-state index contributed by atoms with van der Waals surface area (Å²) in [6.07, 6.45) is 7.88. The van der Waals surface area contributed by atoms with Crippen molar-refractivity contribution < 1.29 is 0 Å². The number of nitrogens with zero attached hydrogens (tertiary/aromatic N) is 7. The van der Waals surface area contributed by atoms with Gasteiger partial charge in [-0.3, -0.25) is 4.68 Å². The first-order chi connectivity index (χ1) is 11.5. The molecule has 3 aromatic heterocycles. The van der Waals surface area contributed by atoms with Crippen LogP contribution in [0.15, 0.2) is 18.9 Å². The van der Waals surface area contributed by atoms with Crippen LogP contribution in [0.25, 0.3) is 4.96 Å². The molecule has 1 saturated heterocycles. The summed E-state index contributed by atoms with van der Waals surface area (Å²) in [5.41, 5.74) is 1.15. The average Bonchev–Trinajstić information content (AvgIpc) is 3.21. The van der Waals surface area contributed by atoms with Gasteiger partial charge in [-0.25, -0.2) is 14.5 Å². The summed E-state index contributed by atoms with van der Waals surface area (Å²) in [6, 6.07) is 0. The van der Waals surface area contributed by atoms with Crippen molar-refractivity contribution in [2.45, 2.75) is 45.6 Å². The SMILES string of the molecule is CC(C)(C)c1cn2nc(N3CCC[C@H](Cn4cncn4)C3)sc2n1. The first-order valence-electron chi connectivity index (χ1n) is 8.43. The van der Waals surface area contributed by atoms with E-state index in [1.807, 2.05) is 9.20 Å². The largest absolute Gasteiger partial charge is 0.346 e. The Morgan fingerprint density at radius 2 is 2.21 bits per heavy atom. The van der Waals surface area contributed by atoms with Crippen molar-refractivity contribution in [2.24, 2.45) is 5.92 Å². The summed E-state index contributed by atoms with van der Waals surface area (Å²) < 4.78 is 3.86. The monoisotopic (exact) mass is 345 g/mol. The van der Waals surface area contributed by atoms with E-state index in [-0.39, 0.29) is 5.41 Å². The van der Waals surface area contributed by atoms with Crippen LogP contribution < -0.4 is 4.90 Å². The van der Waals surface area contributed by atoms with Gasteiger partial charge in [-0.1, -0.05) is 32.1 Å². The number of hydrogen-bond donors (Lipinski definition) is 0. The zero-order valence-electron chi connectivity index (χ0n) is 14.4. The van der Waals surface area contributed by atoms with Crippen LogP contribution in [0, 0.1) is 5.92 Å². The minimum atomic E-state index is 0.0571. The lowest BCUT2D eigenvalue weighted by atomic mass is 9.93. The molecule has 0 bridgehead atoms. The number of imidazole rings is 1. The van der Waals surface area contributed by atoms with Crippen molar-refractivity contribution in [3.8, 4) is 0 Å². The molecule has 1 aliphatic rings. The molecule has 0 spiro atoms. The maximum Gasteiger partial charge on any atom is 0.214 e. The van der Waals surface area contributed by atoms with Gasteiger partial charge in [-0.05, 0) is 18.8 Å². The van der Waals surface area contributed by atoms with Crippen LogP contribution in [0.1, 0.15) is 39.3 Å². The maximum absolute atomic E-state index is 4.77. The zero-order valence-corrected chi connectivity index (χ0v) is 15.2. The molecule has 128 valence electrons. The van der Waals surface area contributed by atoms with Gasteiger partial charge in [0.05, 0.1) is 11.9 Å². The Hall–Kier alpha value is -1.96. The quantitative estimate of drug-likeness (QED) is 0.730. The predicted molar refractivity (Wildman–Crippen MR) is 94.5 cm³/mol. The Labute approximate surface area is 145 Å². The van der Waals surface area contributed by atoms with Gasteiger partial charge in [0.15, 0.2) is 0 Å². The highest BCUT2D eigenvalue weighted by Gasteiger charge is 2.25. The third kappa shape index (κ3) is 3.02. The second kappa shape index (κ2) is 5.84. The first-order valence-corrected chi connectivity index (χ1v) is 9.25. The van der Waals surface area contributed by atoms with Gasteiger partial charge in [0.2, 0.25) is 10.1 Å². The van der Waals surface area contributed by atoms with Crippen LogP contribution in [0.3, 0.4) is 0 Å². The van der Waals surface area contributed by atoms with Gasteiger partial charge in [-0.2, -0.15) is 5.10 Å². The molecule has 7 nitrogen and oxygen atoms in total. The lowest BCUT2D eigenvalue weighted by molar-refractivity contribution is 0.351. The summed E-state index contributed by atoms with van der Waals surface area (Å²) in [5.74, 6) is 0.585. The summed E-state index contributed by atoms with van der Waals surface area (Å²) in [4.78, 5) is 12.2. The molecule has 0 N–H and O–H groups in total. The molecular formula is C16H23N7S. The molecule has 24 heavy (non-hydrogen) atoms. The van der Waals surface area contributed by atoms with Crippen molar-refractivity contribution in [2.75, 3.05) is 18.0 Å². The molecule has 1 fully saturated rings. The van der Waals surface area contributed by atoms with Crippen molar-refractivity contribution in [1.82, 2.24) is 29.4 Å². The van der Waals surface area contributed by atoms with Gasteiger partial charge >= 0.3 is 0 Å².